The number of nitrogens with one attached hydrogen (secondary N) is 1. The van der Waals surface area contributed by atoms with Crippen LogP contribution >= 0.6 is 0 Å². The Morgan fingerprint density at radius 3 is 2.73 bits per heavy atom. The van der Waals surface area contributed by atoms with Gasteiger partial charge in [-0.05, 0) is 31.9 Å². The van der Waals surface area contributed by atoms with E-state index in [1.165, 1.54) is 13.0 Å². The van der Waals surface area contributed by atoms with Gasteiger partial charge < -0.3 is 10.2 Å². The van der Waals surface area contributed by atoms with Crippen LogP contribution in [0.3, 0.4) is 0 Å². The molecule has 22 heavy (non-hydrogen) atoms. The number of benzene rings is 1. The van der Waals surface area contributed by atoms with Crippen molar-refractivity contribution in [2.75, 3.05) is 18.0 Å². The Morgan fingerprint density at radius 2 is 2.09 bits per heavy atom. The van der Waals surface area contributed by atoms with Gasteiger partial charge >= 0.3 is 0 Å². The largest absolute Gasteiger partial charge is 0.369 e. The zero-order valence-electron chi connectivity index (χ0n) is 13.4. The van der Waals surface area contributed by atoms with E-state index in [9.17, 15) is 14.0 Å². The topological polar surface area (TPSA) is 49.4 Å². The molecular formula is C17H23FN2O2. The van der Waals surface area contributed by atoms with Crippen molar-refractivity contribution in [1.82, 2.24) is 5.32 Å². The van der Waals surface area contributed by atoms with Crippen LogP contribution in [0.15, 0.2) is 18.2 Å². The van der Waals surface area contributed by atoms with E-state index in [0.29, 0.717) is 12.2 Å². The Morgan fingerprint density at radius 1 is 1.36 bits per heavy atom. The lowest BCUT2D eigenvalue weighted by molar-refractivity contribution is -0.124. The predicted molar refractivity (Wildman–Crippen MR) is 84.6 cm³/mol. The maximum atomic E-state index is 14.0. The summed E-state index contributed by atoms with van der Waals surface area (Å²) in [5.41, 5.74) is 0.759. The van der Waals surface area contributed by atoms with Crippen molar-refractivity contribution >= 4 is 17.4 Å². The number of hydrogen-bond donors (Lipinski definition) is 1. The Labute approximate surface area is 130 Å². The van der Waals surface area contributed by atoms with Crippen molar-refractivity contribution in [3.8, 4) is 0 Å². The molecule has 0 aromatic heterocycles. The number of nitrogens with zero attached hydrogens (tertiary/aromatic N) is 1. The van der Waals surface area contributed by atoms with Crippen LogP contribution in [0, 0.1) is 11.7 Å². The minimum Gasteiger partial charge on any atom is -0.369 e. The molecular weight excluding hydrogens is 283 g/mol. The Balaban J connectivity index is 2.18. The van der Waals surface area contributed by atoms with Crippen LogP contribution in [0.4, 0.5) is 10.1 Å². The number of Topliss-reactive ketones (excluding diaryl/α,β-unsaturated/α-hetero) is 1. The molecule has 1 aromatic carbocycles. The van der Waals surface area contributed by atoms with Crippen LogP contribution in [0.25, 0.3) is 0 Å². The van der Waals surface area contributed by atoms with Crippen molar-refractivity contribution in [3.05, 3.63) is 29.6 Å². The van der Waals surface area contributed by atoms with E-state index in [0.717, 1.165) is 19.4 Å². The smallest absolute Gasteiger partial charge is 0.222 e. The van der Waals surface area contributed by atoms with Crippen LogP contribution in [-0.2, 0) is 4.79 Å². The molecule has 1 aliphatic heterocycles. The van der Waals surface area contributed by atoms with E-state index in [2.05, 4.69) is 5.32 Å². The summed E-state index contributed by atoms with van der Waals surface area (Å²) in [4.78, 5) is 25.6. The second-order valence-electron chi connectivity index (χ2n) is 6.14. The quantitative estimate of drug-likeness (QED) is 0.870. The lowest BCUT2D eigenvalue weighted by atomic mass is 10.0. The van der Waals surface area contributed by atoms with Crippen molar-refractivity contribution in [2.45, 2.75) is 39.7 Å². The molecule has 1 atom stereocenters. The lowest BCUT2D eigenvalue weighted by Crippen LogP contribution is -2.49. The van der Waals surface area contributed by atoms with Crippen LogP contribution in [-0.4, -0.2) is 30.8 Å². The number of ketones is 1. The Hall–Kier alpha value is -1.91. The fourth-order valence-electron chi connectivity index (χ4n) is 2.81. The average molecular weight is 306 g/mol. The van der Waals surface area contributed by atoms with Crippen molar-refractivity contribution < 1.29 is 14.0 Å². The van der Waals surface area contributed by atoms with Gasteiger partial charge in [-0.1, -0.05) is 19.9 Å². The summed E-state index contributed by atoms with van der Waals surface area (Å²) in [6.45, 7) is 6.45. The summed E-state index contributed by atoms with van der Waals surface area (Å²) in [7, 11) is 0. The van der Waals surface area contributed by atoms with Crippen molar-refractivity contribution in [2.24, 2.45) is 5.92 Å². The van der Waals surface area contributed by atoms with Gasteiger partial charge in [0.2, 0.25) is 5.91 Å². The monoisotopic (exact) mass is 306 g/mol. The zero-order chi connectivity index (χ0) is 16.3. The molecule has 1 amide bonds. The number of halogens is 1. The van der Waals surface area contributed by atoms with Gasteiger partial charge in [0, 0.05) is 25.0 Å². The molecule has 1 unspecified atom stereocenters. The molecule has 1 fully saturated rings. The third-order valence-electron chi connectivity index (χ3n) is 3.98. The SMILES string of the molecule is CC(=O)c1c(F)cccc1N1CCCC(NC(=O)C(C)C)C1. The molecule has 120 valence electrons. The molecule has 2 rings (SSSR count). The molecule has 0 spiro atoms. The molecule has 0 radical (unpaired) electrons. The molecule has 5 heteroatoms. The van der Waals surface area contributed by atoms with Gasteiger partial charge in [-0.2, -0.15) is 0 Å². The number of amides is 1. The van der Waals surface area contributed by atoms with Crippen LogP contribution in [0.5, 0.6) is 0 Å². The number of anilines is 1. The number of hydrogen-bond acceptors (Lipinski definition) is 3. The Kier molecular flexibility index (Phi) is 5.16. The first kappa shape index (κ1) is 16.5. The molecule has 0 aliphatic carbocycles. The molecule has 1 N–H and O–H groups in total. The highest BCUT2D eigenvalue weighted by molar-refractivity contribution is 6.00. The number of carbonyl (C=O) groups excluding carboxylic acids is 2. The van der Waals surface area contributed by atoms with E-state index in [4.69, 9.17) is 0 Å². The normalized spacial score (nSPS) is 18.4. The Bertz CT molecular complexity index is 572. The van der Waals surface area contributed by atoms with Crippen LogP contribution in [0.2, 0.25) is 0 Å². The number of rotatable bonds is 4. The molecule has 0 bridgehead atoms. The highest BCUT2D eigenvalue weighted by Gasteiger charge is 2.25. The third kappa shape index (κ3) is 3.64. The summed E-state index contributed by atoms with van der Waals surface area (Å²) in [6.07, 6.45) is 1.80. The fraction of sp³-hybridized carbons (Fsp3) is 0.529. The van der Waals surface area contributed by atoms with Gasteiger partial charge in [-0.25, -0.2) is 4.39 Å². The molecule has 1 heterocycles. The van der Waals surface area contributed by atoms with Crippen molar-refractivity contribution in [1.29, 1.82) is 0 Å². The highest BCUT2D eigenvalue weighted by atomic mass is 19.1. The lowest BCUT2D eigenvalue weighted by Gasteiger charge is -2.36. The van der Waals surface area contributed by atoms with E-state index < -0.39 is 5.82 Å². The summed E-state index contributed by atoms with van der Waals surface area (Å²) >= 11 is 0. The van der Waals surface area contributed by atoms with Gasteiger partial charge in [0.25, 0.3) is 0 Å². The molecule has 1 aromatic rings. The molecule has 1 aliphatic rings. The molecule has 1 saturated heterocycles. The van der Waals surface area contributed by atoms with Gasteiger partial charge in [-0.3, -0.25) is 9.59 Å². The second kappa shape index (κ2) is 6.90. The van der Waals surface area contributed by atoms with Gasteiger partial charge in [0.1, 0.15) is 5.82 Å². The number of carbonyl (C=O) groups is 2. The predicted octanol–water partition coefficient (Wildman–Crippen LogP) is 2.77. The van der Waals surface area contributed by atoms with E-state index in [1.807, 2.05) is 18.7 Å². The third-order valence-corrected chi connectivity index (χ3v) is 3.98. The van der Waals surface area contributed by atoms with Crippen LogP contribution < -0.4 is 10.2 Å². The number of piperidine rings is 1. The first-order chi connectivity index (χ1) is 10.4. The minimum atomic E-state index is -0.488. The van der Waals surface area contributed by atoms with Crippen LogP contribution in [0.1, 0.15) is 44.0 Å². The van der Waals surface area contributed by atoms with E-state index in [1.54, 1.807) is 12.1 Å². The first-order valence-corrected chi connectivity index (χ1v) is 7.75. The maximum Gasteiger partial charge on any atom is 0.222 e. The first-order valence-electron chi connectivity index (χ1n) is 7.75. The fourth-order valence-corrected chi connectivity index (χ4v) is 2.81. The minimum absolute atomic E-state index is 0.0258. The summed E-state index contributed by atoms with van der Waals surface area (Å²) in [5.74, 6) is -0.796. The molecule has 4 nitrogen and oxygen atoms in total. The standard InChI is InChI=1S/C17H23FN2O2/c1-11(2)17(22)19-13-6-5-9-20(10-13)15-8-4-7-14(18)16(15)12(3)21/h4,7-8,11,13H,5-6,9-10H2,1-3H3,(H,19,22). The molecule has 0 saturated carbocycles. The van der Waals surface area contributed by atoms with Gasteiger partial charge in [0.05, 0.1) is 11.3 Å². The van der Waals surface area contributed by atoms with E-state index in [-0.39, 0.29) is 29.2 Å². The summed E-state index contributed by atoms with van der Waals surface area (Å²) in [6, 6.07) is 4.73. The van der Waals surface area contributed by atoms with E-state index >= 15 is 0 Å². The van der Waals surface area contributed by atoms with Gasteiger partial charge in [0.15, 0.2) is 5.78 Å². The summed E-state index contributed by atoms with van der Waals surface area (Å²) in [5, 5.41) is 3.02. The maximum absolute atomic E-state index is 14.0. The highest BCUT2D eigenvalue weighted by Crippen LogP contribution is 2.26. The average Bonchev–Trinajstić information content (AvgIpc) is 2.46. The summed E-state index contributed by atoms with van der Waals surface area (Å²) < 4.78 is 14.0. The second-order valence-corrected chi connectivity index (χ2v) is 6.14. The van der Waals surface area contributed by atoms with Gasteiger partial charge in [-0.15, -0.1) is 0 Å². The zero-order valence-corrected chi connectivity index (χ0v) is 13.4. The van der Waals surface area contributed by atoms with Crippen molar-refractivity contribution in [3.63, 3.8) is 0 Å².